The predicted octanol–water partition coefficient (Wildman–Crippen LogP) is 4.28. The minimum absolute atomic E-state index is 0.0689. The van der Waals surface area contributed by atoms with Crippen LogP contribution in [0.1, 0.15) is 18.9 Å². The first-order valence-electron chi connectivity index (χ1n) is 7.47. The molecule has 6 heteroatoms. The molecule has 0 bridgehead atoms. The molecule has 0 saturated carbocycles. The third-order valence-corrected chi connectivity index (χ3v) is 4.40. The molecule has 1 N–H and O–H groups in total. The summed E-state index contributed by atoms with van der Waals surface area (Å²) in [7, 11) is 0. The maximum absolute atomic E-state index is 13.9. The first-order valence-corrected chi connectivity index (χ1v) is 8.26. The Morgan fingerprint density at radius 1 is 1.21 bits per heavy atom. The van der Waals surface area contributed by atoms with Crippen molar-refractivity contribution in [2.24, 2.45) is 0 Å². The Bertz CT molecular complexity index is 764. The summed E-state index contributed by atoms with van der Waals surface area (Å²) in [5.41, 5.74) is 1.91. The molecule has 0 aliphatic rings. The molecular formula is C18H18BrFN2O2. The molecule has 0 aliphatic heterocycles. The van der Waals surface area contributed by atoms with Gasteiger partial charge in [-0.1, -0.05) is 34.1 Å². The number of rotatable bonds is 5. The van der Waals surface area contributed by atoms with E-state index in [-0.39, 0.29) is 30.5 Å². The third-order valence-electron chi connectivity index (χ3n) is 3.54. The molecule has 2 rings (SSSR count). The van der Waals surface area contributed by atoms with Crippen LogP contribution in [0.25, 0.3) is 0 Å². The average molecular weight is 393 g/mol. The second-order valence-electron chi connectivity index (χ2n) is 5.38. The number of carbonyl (C=O) groups is 2. The Labute approximate surface area is 148 Å². The highest BCUT2D eigenvalue weighted by molar-refractivity contribution is 9.10. The van der Waals surface area contributed by atoms with Crippen LogP contribution in [-0.2, 0) is 9.59 Å². The Hall–Kier alpha value is -2.21. The van der Waals surface area contributed by atoms with Gasteiger partial charge in [0.05, 0.1) is 5.69 Å². The van der Waals surface area contributed by atoms with E-state index >= 15 is 0 Å². The maximum Gasteiger partial charge on any atom is 0.226 e. The van der Waals surface area contributed by atoms with Gasteiger partial charge in [-0.25, -0.2) is 4.39 Å². The van der Waals surface area contributed by atoms with Gasteiger partial charge in [0, 0.05) is 30.0 Å². The number of para-hydroxylation sites is 1. The maximum atomic E-state index is 13.9. The van der Waals surface area contributed by atoms with Crippen LogP contribution in [0.3, 0.4) is 0 Å². The van der Waals surface area contributed by atoms with Crippen molar-refractivity contribution in [1.82, 2.24) is 0 Å². The van der Waals surface area contributed by atoms with Crippen molar-refractivity contribution in [3.05, 3.63) is 58.3 Å². The number of aryl methyl sites for hydroxylation is 1. The lowest BCUT2D eigenvalue weighted by Crippen LogP contribution is -2.32. The number of carbonyl (C=O) groups excluding carboxylic acids is 2. The Morgan fingerprint density at radius 2 is 1.92 bits per heavy atom. The van der Waals surface area contributed by atoms with Gasteiger partial charge in [-0.05, 0) is 36.8 Å². The van der Waals surface area contributed by atoms with Crippen molar-refractivity contribution in [3.8, 4) is 0 Å². The summed E-state index contributed by atoms with van der Waals surface area (Å²) in [6.45, 7) is 3.41. The first kappa shape index (κ1) is 18.1. The van der Waals surface area contributed by atoms with Crippen LogP contribution < -0.4 is 10.2 Å². The normalized spacial score (nSPS) is 10.3. The highest BCUT2D eigenvalue weighted by atomic mass is 79.9. The number of anilines is 2. The summed E-state index contributed by atoms with van der Waals surface area (Å²) in [5.74, 6) is -1.05. The number of halogens is 2. The van der Waals surface area contributed by atoms with Gasteiger partial charge in [-0.2, -0.15) is 0 Å². The standard InChI is InChI=1S/C18H18BrFN2O2/c1-12-7-8-14(11-15(12)19)21-18(24)9-10-22(13(2)23)17-6-4-3-5-16(17)20/h3-8,11H,9-10H2,1-2H3,(H,21,24). The van der Waals surface area contributed by atoms with Crippen LogP contribution in [0, 0.1) is 12.7 Å². The van der Waals surface area contributed by atoms with Gasteiger partial charge in [-0.3, -0.25) is 9.59 Å². The van der Waals surface area contributed by atoms with E-state index in [2.05, 4.69) is 21.2 Å². The SMILES string of the molecule is CC(=O)N(CCC(=O)Nc1ccc(C)c(Br)c1)c1ccccc1F. The summed E-state index contributed by atoms with van der Waals surface area (Å²) in [5, 5.41) is 2.77. The number of hydrogen-bond donors (Lipinski definition) is 1. The second-order valence-corrected chi connectivity index (χ2v) is 6.24. The van der Waals surface area contributed by atoms with E-state index < -0.39 is 5.82 Å². The van der Waals surface area contributed by atoms with Crippen LogP contribution in [0.15, 0.2) is 46.9 Å². The zero-order valence-corrected chi connectivity index (χ0v) is 15.1. The van der Waals surface area contributed by atoms with Crippen molar-refractivity contribution in [2.75, 3.05) is 16.8 Å². The van der Waals surface area contributed by atoms with Crippen molar-refractivity contribution < 1.29 is 14.0 Å². The molecule has 2 aromatic rings. The molecule has 24 heavy (non-hydrogen) atoms. The summed E-state index contributed by atoms with van der Waals surface area (Å²) in [6.07, 6.45) is 0.0689. The lowest BCUT2D eigenvalue weighted by atomic mass is 10.2. The number of benzene rings is 2. The number of amides is 2. The highest BCUT2D eigenvalue weighted by Crippen LogP contribution is 2.21. The smallest absolute Gasteiger partial charge is 0.226 e. The van der Waals surface area contributed by atoms with Gasteiger partial charge in [0.1, 0.15) is 5.82 Å². The topological polar surface area (TPSA) is 49.4 Å². The molecule has 126 valence electrons. The summed E-state index contributed by atoms with van der Waals surface area (Å²) in [4.78, 5) is 25.1. The molecule has 0 atom stereocenters. The molecule has 0 heterocycles. The summed E-state index contributed by atoms with van der Waals surface area (Å²) in [6, 6.07) is 11.5. The molecule has 0 radical (unpaired) electrons. The summed E-state index contributed by atoms with van der Waals surface area (Å²) < 4.78 is 14.8. The molecule has 0 spiro atoms. The fourth-order valence-electron chi connectivity index (χ4n) is 2.23. The lowest BCUT2D eigenvalue weighted by molar-refractivity contribution is -0.117. The van der Waals surface area contributed by atoms with Gasteiger partial charge in [0.2, 0.25) is 11.8 Å². The molecule has 2 amide bonds. The Morgan fingerprint density at radius 3 is 2.54 bits per heavy atom. The third kappa shape index (κ3) is 4.64. The van der Waals surface area contributed by atoms with Gasteiger partial charge in [0.25, 0.3) is 0 Å². The largest absolute Gasteiger partial charge is 0.326 e. The van der Waals surface area contributed by atoms with E-state index in [1.807, 2.05) is 19.1 Å². The lowest BCUT2D eigenvalue weighted by Gasteiger charge is -2.21. The molecular weight excluding hydrogens is 375 g/mol. The fourth-order valence-corrected chi connectivity index (χ4v) is 2.60. The van der Waals surface area contributed by atoms with Crippen LogP contribution in [0.2, 0.25) is 0 Å². The van der Waals surface area contributed by atoms with Gasteiger partial charge in [0.15, 0.2) is 0 Å². The van der Waals surface area contributed by atoms with Crippen LogP contribution in [0.4, 0.5) is 15.8 Å². The Balaban J connectivity index is 2.01. The van der Waals surface area contributed by atoms with Gasteiger partial charge in [-0.15, -0.1) is 0 Å². The molecule has 0 unspecified atom stereocenters. The first-order chi connectivity index (χ1) is 11.4. The average Bonchev–Trinajstić information content (AvgIpc) is 2.52. The monoisotopic (exact) mass is 392 g/mol. The van der Waals surface area contributed by atoms with E-state index in [1.54, 1.807) is 18.2 Å². The van der Waals surface area contributed by atoms with E-state index in [4.69, 9.17) is 0 Å². The van der Waals surface area contributed by atoms with E-state index in [1.165, 1.54) is 24.0 Å². The van der Waals surface area contributed by atoms with Crippen molar-refractivity contribution in [2.45, 2.75) is 20.3 Å². The zero-order chi connectivity index (χ0) is 17.7. The van der Waals surface area contributed by atoms with Crippen LogP contribution in [-0.4, -0.2) is 18.4 Å². The van der Waals surface area contributed by atoms with Crippen LogP contribution >= 0.6 is 15.9 Å². The molecule has 4 nitrogen and oxygen atoms in total. The Kier molecular flexibility index (Phi) is 6.09. The van der Waals surface area contributed by atoms with Gasteiger partial charge >= 0.3 is 0 Å². The quantitative estimate of drug-likeness (QED) is 0.825. The number of nitrogens with zero attached hydrogens (tertiary/aromatic N) is 1. The predicted molar refractivity (Wildman–Crippen MR) is 96.6 cm³/mol. The van der Waals surface area contributed by atoms with E-state index in [9.17, 15) is 14.0 Å². The van der Waals surface area contributed by atoms with E-state index in [0.717, 1.165) is 10.0 Å². The van der Waals surface area contributed by atoms with Crippen molar-refractivity contribution >= 4 is 39.1 Å². The molecule has 2 aromatic carbocycles. The molecule has 0 saturated heterocycles. The fraction of sp³-hybridized carbons (Fsp3) is 0.222. The highest BCUT2D eigenvalue weighted by Gasteiger charge is 2.16. The summed E-state index contributed by atoms with van der Waals surface area (Å²) >= 11 is 3.41. The zero-order valence-electron chi connectivity index (χ0n) is 13.5. The molecule has 0 aromatic heterocycles. The van der Waals surface area contributed by atoms with Crippen molar-refractivity contribution in [1.29, 1.82) is 0 Å². The van der Waals surface area contributed by atoms with Crippen LogP contribution in [0.5, 0.6) is 0 Å². The van der Waals surface area contributed by atoms with Crippen molar-refractivity contribution in [3.63, 3.8) is 0 Å². The molecule has 0 aliphatic carbocycles. The molecule has 0 fully saturated rings. The van der Waals surface area contributed by atoms with E-state index in [0.29, 0.717) is 5.69 Å². The minimum Gasteiger partial charge on any atom is -0.326 e. The number of nitrogens with one attached hydrogen (secondary N) is 1. The second kappa shape index (κ2) is 8.06. The minimum atomic E-state index is -0.490. The number of hydrogen-bond acceptors (Lipinski definition) is 2. The van der Waals surface area contributed by atoms with Gasteiger partial charge < -0.3 is 10.2 Å².